The van der Waals surface area contributed by atoms with Crippen molar-refractivity contribution in [3.05, 3.63) is 6.33 Å². The second kappa shape index (κ2) is 7.93. The first-order valence-corrected chi connectivity index (χ1v) is 7.91. The Morgan fingerprint density at radius 3 is 2.53 bits per heavy atom. The standard InChI is InChI=1S/C12H22N4O2S/c1-5-13-11-10(18-3)12(16-8-15-11)14-7-6-9(2)19(4)17/h8-9H,5-7H2,1-4H3,(H2,13,14,15,16). The number of rotatable bonds is 8. The normalized spacial score (nSPS) is 13.7. The second-order valence-electron chi connectivity index (χ2n) is 4.16. The van der Waals surface area contributed by atoms with Gasteiger partial charge in [-0.25, -0.2) is 9.97 Å². The smallest absolute Gasteiger partial charge is 0.204 e. The van der Waals surface area contributed by atoms with Crippen molar-refractivity contribution in [3.8, 4) is 5.75 Å². The van der Waals surface area contributed by atoms with Crippen LogP contribution in [0.25, 0.3) is 0 Å². The van der Waals surface area contributed by atoms with Crippen molar-refractivity contribution in [2.24, 2.45) is 0 Å². The van der Waals surface area contributed by atoms with Crippen LogP contribution in [-0.4, -0.2) is 45.9 Å². The number of nitrogens with one attached hydrogen (secondary N) is 2. The molecule has 0 aliphatic carbocycles. The zero-order chi connectivity index (χ0) is 14.3. The van der Waals surface area contributed by atoms with Crippen LogP contribution in [0, 0.1) is 0 Å². The maximum atomic E-state index is 11.3. The highest BCUT2D eigenvalue weighted by molar-refractivity contribution is 7.84. The van der Waals surface area contributed by atoms with Crippen molar-refractivity contribution in [3.63, 3.8) is 0 Å². The van der Waals surface area contributed by atoms with Gasteiger partial charge in [-0.2, -0.15) is 0 Å². The molecular weight excluding hydrogens is 264 g/mol. The summed E-state index contributed by atoms with van der Waals surface area (Å²) in [4.78, 5) is 8.31. The first kappa shape index (κ1) is 15.7. The van der Waals surface area contributed by atoms with Crippen molar-refractivity contribution in [2.75, 3.05) is 37.1 Å². The van der Waals surface area contributed by atoms with Gasteiger partial charge in [-0.1, -0.05) is 6.92 Å². The summed E-state index contributed by atoms with van der Waals surface area (Å²) in [6.07, 6.45) is 4.02. The van der Waals surface area contributed by atoms with Crippen molar-refractivity contribution < 1.29 is 8.95 Å². The van der Waals surface area contributed by atoms with Gasteiger partial charge in [0.15, 0.2) is 11.6 Å². The summed E-state index contributed by atoms with van der Waals surface area (Å²) in [6.45, 7) is 5.42. The van der Waals surface area contributed by atoms with Crippen molar-refractivity contribution in [1.29, 1.82) is 0 Å². The molecule has 6 nitrogen and oxygen atoms in total. The molecule has 2 N–H and O–H groups in total. The molecule has 7 heteroatoms. The van der Waals surface area contributed by atoms with E-state index < -0.39 is 10.8 Å². The highest BCUT2D eigenvalue weighted by atomic mass is 32.2. The van der Waals surface area contributed by atoms with E-state index in [1.54, 1.807) is 13.4 Å². The molecule has 108 valence electrons. The van der Waals surface area contributed by atoms with Crippen LogP contribution in [0.15, 0.2) is 6.33 Å². The summed E-state index contributed by atoms with van der Waals surface area (Å²) < 4.78 is 16.6. The summed E-state index contributed by atoms with van der Waals surface area (Å²) in [5, 5.41) is 6.48. The van der Waals surface area contributed by atoms with Crippen molar-refractivity contribution >= 4 is 22.4 Å². The average Bonchev–Trinajstić information content (AvgIpc) is 2.39. The first-order chi connectivity index (χ1) is 9.10. The summed E-state index contributed by atoms with van der Waals surface area (Å²) in [7, 11) is 0.793. The Bertz CT molecular complexity index is 428. The number of ether oxygens (including phenoxy) is 1. The van der Waals surface area contributed by atoms with Gasteiger partial charge >= 0.3 is 0 Å². The minimum atomic E-state index is -0.799. The number of hydrogen-bond donors (Lipinski definition) is 2. The average molecular weight is 286 g/mol. The molecule has 0 saturated carbocycles. The van der Waals surface area contributed by atoms with Gasteiger partial charge in [-0.15, -0.1) is 0 Å². The highest BCUT2D eigenvalue weighted by Gasteiger charge is 2.12. The Morgan fingerprint density at radius 1 is 1.37 bits per heavy atom. The fourth-order valence-corrected chi connectivity index (χ4v) is 2.00. The Kier molecular flexibility index (Phi) is 6.55. The highest BCUT2D eigenvalue weighted by Crippen LogP contribution is 2.28. The molecule has 0 bridgehead atoms. The molecule has 0 saturated heterocycles. The molecule has 0 radical (unpaired) electrons. The number of hydrogen-bond acceptors (Lipinski definition) is 6. The van der Waals surface area contributed by atoms with Crippen LogP contribution in [0.5, 0.6) is 5.75 Å². The third kappa shape index (κ3) is 4.66. The van der Waals surface area contributed by atoms with E-state index in [1.807, 2.05) is 13.8 Å². The van der Waals surface area contributed by atoms with E-state index in [-0.39, 0.29) is 5.25 Å². The Hall–Kier alpha value is -1.37. The predicted octanol–water partition coefficient (Wildman–Crippen LogP) is 1.49. The molecule has 2 unspecified atom stereocenters. The molecule has 0 aliphatic rings. The molecular formula is C12H22N4O2S. The largest absolute Gasteiger partial charge is 0.490 e. The van der Waals surface area contributed by atoms with Crippen LogP contribution in [0.2, 0.25) is 0 Å². The predicted molar refractivity (Wildman–Crippen MR) is 79.4 cm³/mol. The molecule has 1 aromatic heterocycles. The van der Waals surface area contributed by atoms with Gasteiger partial charge in [0.1, 0.15) is 6.33 Å². The quantitative estimate of drug-likeness (QED) is 0.754. The molecule has 0 spiro atoms. The van der Waals surface area contributed by atoms with Crippen LogP contribution < -0.4 is 15.4 Å². The van der Waals surface area contributed by atoms with E-state index in [0.29, 0.717) is 23.9 Å². The summed E-state index contributed by atoms with van der Waals surface area (Å²) >= 11 is 0. The zero-order valence-corrected chi connectivity index (χ0v) is 12.7. The SMILES string of the molecule is CCNc1ncnc(NCCC(C)S(C)=O)c1OC. The molecule has 19 heavy (non-hydrogen) atoms. The van der Waals surface area contributed by atoms with E-state index in [0.717, 1.165) is 13.0 Å². The molecule has 1 rings (SSSR count). The maximum Gasteiger partial charge on any atom is 0.204 e. The lowest BCUT2D eigenvalue weighted by atomic mass is 10.3. The Balaban J connectivity index is 2.67. The van der Waals surface area contributed by atoms with Crippen LogP contribution >= 0.6 is 0 Å². The summed E-state index contributed by atoms with van der Waals surface area (Å²) in [6, 6.07) is 0. The minimum Gasteiger partial charge on any atom is -0.490 e. The fraction of sp³-hybridized carbons (Fsp3) is 0.667. The lowest BCUT2D eigenvalue weighted by Gasteiger charge is -2.14. The third-order valence-corrected chi connectivity index (χ3v) is 4.13. The molecule has 0 fully saturated rings. The van der Waals surface area contributed by atoms with Crippen molar-refractivity contribution in [1.82, 2.24) is 9.97 Å². The minimum absolute atomic E-state index is 0.161. The molecule has 0 aliphatic heterocycles. The first-order valence-electron chi connectivity index (χ1n) is 6.29. The van der Waals surface area contributed by atoms with Gasteiger partial charge in [0.25, 0.3) is 0 Å². The van der Waals surface area contributed by atoms with E-state index in [1.165, 1.54) is 6.33 Å². The van der Waals surface area contributed by atoms with E-state index >= 15 is 0 Å². The van der Waals surface area contributed by atoms with E-state index in [2.05, 4.69) is 20.6 Å². The number of methoxy groups -OCH3 is 1. The van der Waals surface area contributed by atoms with Gasteiger partial charge in [-0.3, -0.25) is 4.21 Å². The summed E-state index contributed by atoms with van der Waals surface area (Å²) in [5.74, 6) is 1.94. The number of aromatic nitrogens is 2. The lowest BCUT2D eigenvalue weighted by Crippen LogP contribution is -2.16. The van der Waals surface area contributed by atoms with E-state index in [4.69, 9.17) is 4.74 Å². The summed E-state index contributed by atoms with van der Waals surface area (Å²) in [5.41, 5.74) is 0. The third-order valence-electron chi connectivity index (χ3n) is 2.76. The Labute approximate surface area is 116 Å². The number of nitrogens with zero attached hydrogens (tertiary/aromatic N) is 2. The maximum absolute atomic E-state index is 11.3. The van der Waals surface area contributed by atoms with Crippen LogP contribution in [0.4, 0.5) is 11.6 Å². The molecule has 1 aromatic rings. The van der Waals surface area contributed by atoms with Crippen LogP contribution in [-0.2, 0) is 10.8 Å². The zero-order valence-electron chi connectivity index (χ0n) is 11.9. The number of anilines is 2. The van der Waals surface area contributed by atoms with Gasteiger partial charge in [0.2, 0.25) is 5.75 Å². The molecule has 0 amide bonds. The lowest BCUT2D eigenvalue weighted by molar-refractivity contribution is 0.414. The fourth-order valence-electron chi connectivity index (χ4n) is 1.55. The van der Waals surface area contributed by atoms with Crippen LogP contribution in [0.3, 0.4) is 0 Å². The Morgan fingerprint density at radius 2 is 2.00 bits per heavy atom. The molecule has 1 heterocycles. The monoisotopic (exact) mass is 286 g/mol. The van der Waals surface area contributed by atoms with Crippen LogP contribution in [0.1, 0.15) is 20.3 Å². The van der Waals surface area contributed by atoms with Gasteiger partial charge in [0, 0.05) is 35.4 Å². The van der Waals surface area contributed by atoms with Gasteiger partial charge in [0.05, 0.1) is 7.11 Å². The molecule has 2 atom stereocenters. The molecule has 0 aromatic carbocycles. The van der Waals surface area contributed by atoms with Gasteiger partial charge < -0.3 is 15.4 Å². The van der Waals surface area contributed by atoms with E-state index in [9.17, 15) is 4.21 Å². The van der Waals surface area contributed by atoms with Crippen molar-refractivity contribution in [2.45, 2.75) is 25.5 Å². The van der Waals surface area contributed by atoms with Gasteiger partial charge in [-0.05, 0) is 13.3 Å². The second-order valence-corrected chi connectivity index (χ2v) is 5.96. The topological polar surface area (TPSA) is 76.1 Å².